The number of anilines is 1. The number of nitrogens with one attached hydrogen (secondary N) is 1. The fraction of sp³-hybridized carbons (Fsp3) is 0.500. The molecule has 2 atom stereocenters. The normalized spacial score (nSPS) is 22.0. The molecule has 0 aliphatic carbocycles. The molecule has 0 bridgehead atoms. The highest BCUT2D eigenvalue weighted by atomic mass is 16.6. The van der Waals surface area contributed by atoms with Crippen molar-refractivity contribution in [1.82, 2.24) is 4.90 Å². The molecule has 3 N–H and O–H groups in total. The molecular weight excluding hydrogens is 272 g/mol. The predicted octanol–water partition coefficient (Wildman–Crippen LogP) is 2.14. The summed E-state index contributed by atoms with van der Waals surface area (Å²) in [6.45, 7) is 4.83. The Morgan fingerprint density at radius 1 is 1.48 bits per heavy atom. The maximum Gasteiger partial charge on any atom is 0.294 e. The lowest BCUT2D eigenvalue weighted by atomic mass is 9.92. The number of rotatable bonds is 3. The van der Waals surface area contributed by atoms with Crippen LogP contribution in [-0.4, -0.2) is 28.3 Å². The van der Waals surface area contributed by atoms with Crippen molar-refractivity contribution in [3.8, 4) is 0 Å². The summed E-state index contributed by atoms with van der Waals surface area (Å²) < 4.78 is 0. The highest BCUT2D eigenvalue weighted by Gasteiger charge is 2.30. The number of benzene rings is 1. The molecule has 1 aromatic carbocycles. The van der Waals surface area contributed by atoms with E-state index in [2.05, 4.69) is 12.3 Å². The van der Waals surface area contributed by atoms with E-state index >= 15 is 0 Å². The predicted molar refractivity (Wildman–Crippen MR) is 79.8 cm³/mol. The molecule has 2 rings (SSSR count). The second kappa shape index (κ2) is 6.09. The molecule has 1 fully saturated rings. The molecule has 1 amide bonds. The second-order valence-corrected chi connectivity index (χ2v) is 5.58. The third kappa shape index (κ3) is 2.97. The van der Waals surface area contributed by atoms with Crippen LogP contribution in [0.25, 0.3) is 0 Å². The Balaban J connectivity index is 2.35. The Bertz CT molecular complexity index is 561. The molecule has 7 nitrogen and oxygen atoms in total. The highest BCUT2D eigenvalue weighted by molar-refractivity contribution is 6.01. The number of para-hydroxylation sites is 1. The average Bonchev–Trinajstić information content (AvgIpc) is 2.45. The summed E-state index contributed by atoms with van der Waals surface area (Å²) in [6.07, 6.45) is 1.88. The third-order valence-electron chi connectivity index (χ3n) is 4.01. The number of nitrogens with two attached hydrogens (primary N) is 1. The quantitative estimate of drug-likeness (QED) is 0.505. The molecular formula is C14H20N4O3. The first-order valence-corrected chi connectivity index (χ1v) is 7.00. The van der Waals surface area contributed by atoms with Crippen LogP contribution < -0.4 is 11.3 Å². The Morgan fingerprint density at radius 2 is 2.19 bits per heavy atom. The van der Waals surface area contributed by atoms with Crippen LogP contribution in [0.5, 0.6) is 0 Å². The number of likely N-dealkylation sites (tertiary alicyclic amines) is 1. The van der Waals surface area contributed by atoms with Crippen LogP contribution in [-0.2, 0) is 0 Å². The Labute approximate surface area is 123 Å². The van der Waals surface area contributed by atoms with Crippen molar-refractivity contribution in [2.24, 2.45) is 11.8 Å². The molecule has 21 heavy (non-hydrogen) atoms. The van der Waals surface area contributed by atoms with Crippen molar-refractivity contribution in [2.45, 2.75) is 32.7 Å². The second-order valence-electron chi connectivity index (χ2n) is 5.58. The van der Waals surface area contributed by atoms with Crippen molar-refractivity contribution in [3.05, 3.63) is 33.9 Å². The maximum absolute atomic E-state index is 12.7. The molecule has 0 radical (unpaired) electrons. The first-order chi connectivity index (χ1) is 9.95. The zero-order valence-electron chi connectivity index (χ0n) is 12.2. The van der Waals surface area contributed by atoms with Crippen molar-refractivity contribution in [1.29, 1.82) is 0 Å². The Morgan fingerprint density at radius 3 is 2.76 bits per heavy atom. The van der Waals surface area contributed by atoms with E-state index in [1.165, 1.54) is 12.1 Å². The van der Waals surface area contributed by atoms with E-state index in [-0.39, 0.29) is 28.9 Å². The lowest BCUT2D eigenvalue weighted by Crippen LogP contribution is -2.44. The van der Waals surface area contributed by atoms with Gasteiger partial charge in [-0.2, -0.15) is 0 Å². The summed E-state index contributed by atoms with van der Waals surface area (Å²) in [5, 5.41) is 11.0. The number of nitro benzene ring substituents is 1. The monoisotopic (exact) mass is 292 g/mol. The van der Waals surface area contributed by atoms with Crippen LogP contribution in [0.3, 0.4) is 0 Å². The Hall–Kier alpha value is -2.15. The zero-order chi connectivity index (χ0) is 15.6. The number of carbonyl (C=O) groups excluding carboxylic acids is 1. The Kier molecular flexibility index (Phi) is 4.42. The molecule has 114 valence electrons. The van der Waals surface area contributed by atoms with Gasteiger partial charge in [0.15, 0.2) is 0 Å². The smallest absolute Gasteiger partial charge is 0.294 e. The zero-order valence-corrected chi connectivity index (χ0v) is 12.2. The number of carbonyl (C=O) groups is 1. The van der Waals surface area contributed by atoms with E-state index < -0.39 is 4.92 Å². The molecule has 2 unspecified atom stereocenters. The number of nitrogens with zero attached hydrogens (tertiary/aromatic N) is 2. The number of hydrogen-bond acceptors (Lipinski definition) is 5. The van der Waals surface area contributed by atoms with Crippen LogP contribution >= 0.6 is 0 Å². The van der Waals surface area contributed by atoms with E-state index in [0.717, 1.165) is 12.8 Å². The van der Waals surface area contributed by atoms with Crippen LogP contribution in [0.1, 0.15) is 37.0 Å². The molecule has 7 heteroatoms. The van der Waals surface area contributed by atoms with Gasteiger partial charge in [-0.15, -0.1) is 0 Å². The van der Waals surface area contributed by atoms with Gasteiger partial charge < -0.3 is 10.3 Å². The molecule has 1 saturated heterocycles. The number of hydrazine groups is 1. The molecule has 0 saturated carbocycles. The van der Waals surface area contributed by atoms with E-state index in [1.807, 2.05) is 6.92 Å². The number of nitro groups is 1. The summed E-state index contributed by atoms with van der Waals surface area (Å²) >= 11 is 0. The van der Waals surface area contributed by atoms with E-state index in [0.29, 0.717) is 12.5 Å². The van der Waals surface area contributed by atoms with Gasteiger partial charge in [0.05, 0.1) is 10.5 Å². The fourth-order valence-electron chi connectivity index (χ4n) is 2.89. The van der Waals surface area contributed by atoms with Crippen LogP contribution in [0.2, 0.25) is 0 Å². The first-order valence-electron chi connectivity index (χ1n) is 7.00. The fourth-order valence-corrected chi connectivity index (χ4v) is 2.89. The summed E-state index contributed by atoms with van der Waals surface area (Å²) in [5.74, 6) is 5.76. The first kappa shape index (κ1) is 15.2. The summed E-state index contributed by atoms with van der Waals surface area (Å²) in [4.78, 5) is 24.9. The van der Waals surface area contributed by atoms with Gasteiger partial charge in [0, 0.05) is 18.7 Å². The maximum atomic E-state index is 12.7. The van der Waals surface area contributed by atoms with Crippen LogP contribution in [0, 0.1) is 16.0 Å². The van der Waals surface area contributed by atoms with Gasteiger partial charge in [-0.1, -0.05) is 13.0 Å². The lowest BCUT2D eigenvalue weighted by Gasteiger charge is -2.36. The van der Waals surface area contributed by atoms with Crippen LogP contribution in [0.15, 0.2) is 18.2 Å². The molecule has 0 aromatic heterocycles. The van der Waals surface area contributed by atoms with Gasteiger partial charge in [0.25, 0.3) is 11.6 Å². The van der Waals surface area contributed by atoms with Gasteiger partial charge in [-0.25, -0.2) is 0 Å². The van der Waals surface area contributed by atoms with E-state index in [9.17, 15) is 14.9 Å². The minimum Gasteiger partial charge on any atom is -0.336 e. The number of piperidine rings is 1. The summed E-state index contributed by atoms with van der Waals surface area (Å²) in [5.41, 5.74) is 2.42. The lowest BCUT2D eigenvalue weighted by molar-refractivity contribution is -0.384. The van der Waals surface area contributed by atoms with Crippen molar-refractivity contribution < 1.29 is 9.72 Å². The standard InChI is InChI=1S/C14H20N4O3/c1-9-6-7-17(10(2)8-9)14(19)11-4-3-5-12(18(20)21)13(11)16-15/h3-5,9-10,16H,6-8,15H2,1-2H3. The molecule has 1 aromatic rings. The SMILES string of the molecule is CC1CCN(C(=O)c2cccc([N+](=O)[O-])c2NN)C(C)C1. The molecule has 1 heterocycles. The van der Waals surface area contributed by atoms with Gasteiger partial charge in [-0.3, -0.25) is 20.8 Å². The highest BCUT2D eigenvalue weighted by Crippen LogP contribution is 2.30. The summed E-state index contributed by atoms with van der Waals surface area (Å²) in [7, 11) is 0. The van der Waals surface area contributed by atoms with Crippen molar-refractivity contribution in [3.63, 3.8) is 0 Å². The number of nitrogen functional groups attached to an aromatic ring is 1. The van der Waals surface area contributed by atoms with Crippen molar-refractivity contribution >= 4 is 17.3 Å². The van der Waals surface area contributed by atoms with E-state index in [4.69, 9.17) is 5.84 Å². The minimum atomic E-state index is -0.548. The number of hydrogen-bond donors (Lipinski definition) is 2. The van der Waals surface area contributed by atoms with Gasteiger partial charge in [0.2, 0.25) is 0 Å². The van der Waals surface area contributed by atoms with Crippen LogP contribution in [0.4, 0.5) is 11.4 Å². The molecule has 0 spiro atoms. The topological polar surface area (TPSA) is 102 Å². The third-order valence-corrected chi connectivity index (χ3v) is 4.01. The molecule has 1 aliphatic rings. The largest absolute Gasteiger partial charge is 0.336 e. The average molecular weight is 292 g/mol. The minimum absolute atomic E-state index is 0.0679. The van der Waals surface area contributed by atoms with Crippen molar-refractivity contribution in [2.75, 3.05) is 12.0 Å². The van der Waals surface area contributed by atoms with E-state index in [1.54, 1.807) is 11.0 Å². The van der Waals surface area contributed by atoms with Gasteiger partial charge >= 0.3 is 0 Å². The summed E-state index contributed by atoms with van der Waals surface area (Å²) in [6, 6.07) is 4.51. The van der Waals surface area contributed by atoms with Gasteiger partial charge in [0.1, 0.15) is 5.69 Å². The molecule has 1 aliphatic heterocycles. The number of amides is 1. The van der Waals surface area contributed by atoms with Gasteiger partial charge in [-0.05, 0) is 31.7 Å².